The van der Waals surface area contributed by atoms with E-state index in [4.69, 9.17) is 9.47 Å². The van der Waals surface area contributed by atoms with Gasteiger partial charge in [-0.05, 0) is 46.2 Å². The molecule has 0 aromatic carbocycles. The van der Waals surface area contributed by atoms with Gasteiger partial charge < -0.3 is 19.7 Å². The minimum absolute atomic E-state index is 0.144. The molecule has 1 aromatic heterocycles. The monoisotopic (exact) mass is 422 g/mol. The molecule has 1 saturated heterocycles. The third-order valence-corrected chi connectivity index (χ3v) is 5.16. The number of thiophene rings is 1. The molecule has 1 aliphatic rings. The summed E-state index contributed by atoms with van der Waals surface area (Å²) in [6, 6.07) is 2.70. The number of carbonyl (C=O) groups is 2. The average Bonchev–Trinajstić information content (AvgIpc) is 3.20. The van der Waals surface area contributed by atoms with Crippen LogP contribution < -0.4 is 10.1 Å². The summed E-state index contributed by atoms with van der Waals surface area (Å²) in [7, 11) is 0. The number of hydrogen-bond acceptors (Lipinski definition) is 5. The Hall–Kier alpha value is -1.97. The minimum atomic E-state index is -4.40. The summed E-state index contributed by atoms with van der Waals surface area (Å²) in [5.74, 6) is -0.555. The molecule has 2 rings (SSSR count). The van der Waals surface area contributed by atoms with Crippen LogP contribution >= 0.6 is 11.3 Å². The summed E-state index contributed by atoms with van der Waals surface area (Å²) in [4.78, 5) is 26.8. The van der Waals surface area contributed by atoms with E-state index >= 15 is 0 Å². The van der Waals surface area contributed by atoms with E-state index in [0.717, 1.165) is 11.3 Å². The van der Waals surface area contributed by atoms with Crippen LogP contribution in [0.5, 0.6) is 5.06 Å². The lowest BCUT2D eigenvalue weighted by Gasteiger charge is -2.24. The van der Waals surface area contributed by atoms with Gasteiger partial charge in [0.15, 0.2) is 11.7 Å². The Balaban J connectivity index is 1.84. The highest BCUT2D eigenvalue weighted by Gasteiger charge is 2.34. The van der Waals surface area contributed by atoms with Crippen molar-refractivity contribution in [3.63, 3.8) is 0 Å². The Bertz CT molecular complexity index is 700. The van der Waals surface area contributed by atoms with Crippen molar-refractivity contribution in [2.45, 2.75) is 51.9 Å². The van der Waals surface area contributed by atoms with Crippen LogP contribution in [0.1, 0.15) is 45.0 Å². The van der Waals surface area contributed by atoms with E-state index in [9.17, 15) is 22.8 Å². The predicted molar refractivity (Wildman–Crippen MR) is 98.3 cm³/mol. The van der Waals surface area contributed by atoms with Gasteiger partial charge in [-0.3, -0.25) is 4.79 Å². The van der Waals surface area contributed by atoms with Gasteiger partial charge in [0.05, 0.1) is 12.0 Å². The molecule has 0 spiro atoms. The smallest absolute Gasteiger partial charge is 0.422 e. The number of rotatable bonds is 5. The van der Waals surface area contributed by atoms with Gasteiger partial charge in [0.1, 0.15) is 5.60 Å². The fraction of sp³-hybridized carbons (Fsp3) is 0.667. The third-order valence-electron chi connectivity index (χ3n) is 3.98. The molecule has 2 amide bonds. The molecule has 1 N–H and O–H groups in total. The van der Waals surface area contributed by atoms with Gasteiger partial charge >= 0.3 is 12.3 Å². The van der Waals surface area contributed by atoms with Crippen LogP contribution in [0.2, 0.25) is 0 Å². The molecule has 0 saturated carbocycles. The number of alkyl halides is 3. The Kier molecular flexibility index (Phi) is 6.84. The SMILES string of the molecule is CC(NC(=O)[C@H]1CCN(C(=O)OC(C)(C)C)C1)c1ccc(OCC(F)(F)F)s1. The van der Waals surface area contributed by atoms with Crippen molar-refractivity contribution in [3.8, 4) is 5.06 Å². The first-order valence-electron chi connectivity index (χ1n) is 8.91. The molecule has 0 bridgehead atoms. The zero-order valence-electron chi connectivity index (χ0n) is 16.3. The number of likely N-dealkylation sites (tertiary alicyclic amines) is 1. The van der Waals surface area contributed by atoms with E-state index in [2.05, 4.69) is 5.32 Å². The molecule has 1 aromatic rings. The normalized spacial score (nSPS) is 18.7. The highest BCUT2D eigenvalue weighted by molar-refractivity contribution is 7.13. The van der Waals surface area contributed by atoms with Crippen molar-refractivity contribution in [2.24, 2.45) is 5.92 Å². The van der Waals surface area contributed by atoms with Gasteiger partial charge in [-0.15, -0.1) is 11.3 Å². The van der Waals surface area contributed by atoms with Crippen LogP contribution in [0.3, 0.4) is 0 Å². The van der Waals surface area contributed by atoms with Gasteiger partial charge in [0.2, 0.25) is 5.91 Å². The van der Waals surface area contributed by atoms with Gasteiger partial charge in [-0.2, -0.15) is 13.2 Å². The first kappa shape index (κ1) is 22.3. The lowest BCUT2D eigenvalue weighted by atomic mass is 10.1. The summed E-state index contributed by atoms with van der Waals surface area (Å²) in [6.45, 7) is 6.45. The molecule has 6 nitrogen and oxygen atoms in total. The Morgan fingerprint density at radius 1 is 1.32 bits per heavy atom. The van der Waals surface area contributed by atoms with Gasteiger partial charge in [-0.1, -0.05) is 0 Å². The maximum atomic E-state index is 12.5. The van der Waals surface area contributed by atoms with Crippen LogP contribution in [0.4, 0.5) is 18.0 Å². The topological polar surface area (TPSA) is 67.9 Å². The number of amides is 2. The van der Waals surface area contributed by atoms with E-state index in [-0.39, 0.29) is 29.5 Å². The number of halogens is 3. The number of hydrogen-bond donors (Lipinski definition) is 1. The van der Waals surface area contributed by atoms with Crippen LogP contribution in [-0.2, 0) is 9.53 Å². The molecule has 28 heavy (non-hydrogen) atoms. The van der Waals surface area contributed by atoms with Crippen molar-refractivity contribution < 1.29 is 32.2 Å². The second-order valence-corrected chi connectivity index (χ2v) is 8.78. The van der Waals surface area contributed by atoms with Crippen molar-refractivity contribution in [1.29, 1.82) is 0 Å². The first-order chi connectivity index (χ1) is 12.8. The van der Waals surface area contributed by atoms with E-state index in [1.807, 2.05) is 0 Å². The molecule has 1 unspecified atom stereocenters. The maximum absolute atomic E-state index is 12.5. The van der Waals surface area contributed by atoms with Crippen LogP contribution in [-0.4, -0.2) is 48.4 Å². The molecule has 2 heterocycles. The molecular formula is C18H25F3N2O4S. The van der Waals surface area contributed by atoms with Crippen LogP contribution in [0.15, 0.2) is 12.1 Å². The Labute approximate surface area is 166 Å². The standard InChI is InChI=1S/C18H25F3N2O4S/c1-11(13-5-6-14(28-13)26-10-18(19,20)21)22-15(24)12-7-8-23(9-12)16(25)27-17(2,3)4/h5-6,11-12H,7-10H2,1-4H3,(H,22,24)/t11?,12-/m0/s1. The van der Waals surface area contributed by atoms with Crippen LogP contribution in [0.25, 0.3) is 0 Å². The fourth-order valence-electron chi connectivity index (χ4n) is 2.67. The molecule has 0 radical (unpaired) electrons. The molecular weight excluding hydrogens is 397 g/mol. The van der Waals surface area contributed by atoms with E-state index < -0.39 is 24.5 Å². The summed E-state index contributed by atoms with van der Waals surface area (Å²) in [6.07, 6.45) is -4.31. The summed E-state index contributed by atoms with van der Waals surface area (Å²) in [5, 5.41) is 2.99. The first-order valence-corrected chi connectivity index (χ1v) is 9.73. The van der Waals surface area contributed by atoms with Crippen LogP contribution in [0, 0.1) is 5.92 Å². The number of ether oxygens (including phenoxy) is 2. The Morgan fingerprint density at radius 2 is 2.00 bits per heavy atom. The lowest BCUT2D eigenvalue weighted by Crippen LogP contribution is -2.38. The third kappa shape index (κ3) is 6.88. The molecule has 158 valence electrons. The maximum Gasteiger partial charge on any atom is 0.422 e. The van der Waals surface area contributed by atoms with Crippen molar-refractivity contribution >= 4 is 23.3 Å². The van der Waals surface area contributed by atoms with E-state index in [1.165, 1.54) is 11.0 Å². The van der Waals surface area contributed by atoms with Crippen molar-refractivity contribution in [1.82, 2.24) is 10.2 Å². The van der Waals surface area contributed by atoms with E-state index in [1.54, 1.807) is 33.8 Å². The van der Waals surface area contributed by atoms with Gasteiger partial charge in [0.25, 0.3) is 0 Å². The highest BCUT2D eigenvalue weighted by atomic mass is 32.1. The highest BCUT2D eigenvalue weighted by Crippen LogP contribution is 2.31. The zero-order valence-corrected chi connectivity index (χ0v) is 17.1. The summed E-state index contributed by atoms with van der Waals surface area (Å²) < 4.78 is 46.7. The molecule has 2 atom stereocenters. The quantitative estimate of drug-likeness (QED) is 0.775. The molecule has 1 fully saturated rings. The fourth-order valence-corrected chi connectivity index (χ4v) is 3.52. The van der Waals surface area contributed by atoms with E-state index in [0.29, 0.717) is 17.8 Å². The Morgan fingerprint density at radius 3 is 2.61 bits per heavy atom. The van der Waals surface area contributed by atoms with Crippen molar-refractivity contribution in [2.75, 3.05) is 19.7 Å². The minimum Gasteiger partial charge on any atom is -0.475 e. The largest absolute Gasteiger partial charge is 0.475 e. The van der Waals surface area contributed by atoms with Crippen molar-refractivity contribution in [3.05, 3.63) is 17.0 Å². The average molecular weight is 422 g/mol. The second-order valence-electron chi connectivity index (χ2n) is 7.70. The molecule has 0 aliphatic carbocycles. The van der Waals surface area contributed by atoms with Gasteiger partial charge in [0, 0.05) is 18.0 Å². The predicted octanol–water partition coefficient (Wildman–Crippen LogP) is 4.12. The lowest BCUT2D eigenvalue weighted by molar-refractivity contribution is -0.152. The second kappa shape index (κ2) is 8.59. The molecule has 10 heteroatoms. The number of nitrogens with one attached hydrogen (secondary N) is 1. The van der Waals surface area contributed by atoms with Gasteiger partial charge in [-0.25, -0.2) is 4.79 Å². The zero-order chi connectivity index (χ0) is 21.1. The number of nitrogens with zero attached hydrogens (tertiary/aromatic N) is 1. The summed E-state index contributed by atoms with van der Waals surface area (Å²) in [5.41, 5.74) is -0.600. The number of carbonyl (C=O) groups excluding carboxylic acids is 2. The summed E-state index contributed by atoms with van der Waals surface area (Å²) >= 11 is 1.06. The molecule has 1 aliphatic heterocycles.